The number of non-ortho nitro benzene ring substituents is 1. The lowest BCUT2D eigenvalue weighted by molar-refractivity contribution is -0.385. The molecule has 0 aliphatic rings. The Kier molecular flexibility index (Phi) is 6.89. The molecule has 0 spiro atoms. The summed E-state index contributed by atoms with van der Waals surface area (Å²) in [7, 11) is 1.33. The second-order valence-corrected chi connectivity index (χ2v) is 3.82. The summed E-state index contributed by atoms with van der Waals surface area (Å²) in [6, 6.07) is 1.93. The largest absolute Gasteiger partial charge is 0.504 e. The van der Waals surface area contributed by atoms with Gasteiger partial charge in [0.25, 0.3) is 5.69 Å². The fourth-order valence-corrected chi connectivity index (χ4v) is 1.61. The van der Waals surface area contributed by atoms with Crippen LogP contribution in [0.25, 0.3) is 0 Å². The Balaban J connectivity index is 0.00000324. The molecule has 1 aromatic rings. The molecular formula is C12H17ClN2O4. The zero-order valence-electron chi connectivity index (χ0n) is 10.5. The number of ether oxygens (including phenoxy) is 1. The minimum atomic E-state index is -0.550. The van der Waals surface area contributed by atoms with Gasteiger partial charge in [0.1, 0.15) is 0 Å². The molecule has 3 N–H and O–H groups in total. The van der Waals surface area contributed by atoms with E-state index >= 15 is 0 Å². The Morgan fingerprint density at radius 2 is 2.26 bits per heavy atom. The molecule has 0 aromatic heterocycles. The van der Waals surface area contributed by atoms with Crippen molar-refractivity contribution < 1.29 is 14.8 Å². The number of hydrogen-bond acceptors (Lipinski definition) is 5. The normalized spacial score (nSPS) is 11.3. The van der Waals surface area contributed by atoms with Crippen LogP contribution in [-0.2, 0) is 0 Å². The number of nitrogens with two attached hydrogens (primary N) is 1. The van der Waals surface area contributed by atoms with E-state index in [0.717, 1.165) is 0 Å². The average Bonchev–Trinajstić information content (AvgIpc) is 2.35. The minimum absolute atomic E-state index is 0. The molecule has 0 bridgehead atoms. The van der Waals surface area contributed by atoms with Crippen molar-refractivity contribution in [3.05, 3.63) is 40.5 Å². The summed E-state index contributed by atoms with van der Waals surface area (Å²) in [4.78, 5) is 10.2. The number of aromatic hydroxyl groups is 1. The third-order valence-electron chi connectivity index (χ3n) is 2.60. The first-order valence-electron chi connectivity index (χ1n) is 5.43. The van der Waals surface area contributed by atoms with Gasteiger partial charge in [0.15, 0.2) is 11.5 Å². The molecule has 0 heterocycles. The highest BCUT2D eigenvalue weighted by molar-refractivity contribution is 5.85. The van der Waals surface area contributed by atoms with Gasteiger partial charge in [-0.25, -0.2) is 0 Å². The van der Waals surface area contributed by atoms with Crippen LogP contribution in [0, 0.1) is 10.1 Å². The van der Waals surface area contributed by atoms with Crippen LogP contribution in [0.4, 0.5) is 5.69 Å². The number of allylic oxidation sites excluding steroid dienone is 1. The molecule has 6 nitrogen and oxygen atoms in total. The van der Waals surface area contributed by atoms with E-state index in [0.29, 0.717) is 18.4 Å². The molecule has 0 saturated carbocycles. The molecule has 0 fully saturated rings. The molecule has 7 heteroatoms. The molecular weight excluding hydrogens is 272 g/mol. The Labute approximate surface area is 117 Å². The zero-order chi connectivity index (χ0) is 13.7. The van der Waals surface area contributed by atoms with Gasteiger partial charge < -0.3 is 15.6 Å². The topological polar surface area (TPSA) is 98.6 Å². The van der Waals surface area contributed by atoms with E-state index in [1.807, 2.05) is 0 Å². The lowest BCUT2D eigenvalue weighted by Crippen LogP contribution is -2.11. The second kappa shape index (κ2) is 7.60. The van der Waals surface area contributed by atoms with Crippen LogP contribution in [0.1, 0.15) is 24.4 Å². The van der Waals surface area contributed by atoms with Crippen LogP contribution >= 0.6 is 12.4 Å². The van der Waals surface area contributed by atoms with Crippen LogP contribution in [0.5, 0.6) is 11.5 Å². The number of methoxy groups -OCH3 is 1. The summed E-state index contributed by atoms with van der Waals surface area (Å²) >= 11 is 0. The van der Waals surface area contributed by atoms with E-state index in [9.17, 15) is 15.2 Å². The quantitative estimate of drug-likeness (QED) is 0.476. The van der Waals surface area contributed by atoms with Gasteiger partial charge in [-0.1, -0.05) is 6.08 Å². The van der Waals surface area contributed by atoms with Crippen LogP contribution in [-0.4, -0.2) is 17.1 Å². The van der Waals surface area contributed by atoms with Crippen molar-refractivity contribution in [3.63, 3.8) is 0 Å². The number of hydrogen-bond donors (Lipinski definition) is 2. The molecule has 0 radical (unpaired) electrons. The van der Waals surface area contributed by atoms with Gasteiger partial charge >= 0.3 is 0 Å². The van der Waals surface area contributed by atoms with Crippen molar-refractivity contribution in [3.8, 4) is 11.5 Å². The molecule has 0 aliphatic heterocycles. The first kappa shape index (κ1) is 17.2. The molecule has 0 amide bonds. The maximum atomic E-state index is 10.8. The smallest absolute Gasteiger partial charge is 0.273 e. The number of halogens is 1. The summed E-state index contributed by atoms with van der Waals surface area (Å²) in [6.07, 6.45) is 2.90. The minimum Gasteiger partial charge on any atom is -0.504 e. The third-order valence-corrected chi connectivity index (χ3v) is 2.60. The van der Waals surface area contributed by atoms with E-state index in [1.165, 1.54) is 19.2 Å². The molecule has 1 aromatic carbocycles. The van der Waals surface area contributed by atoms with E-state index in [1.54, 1.807) is 6.08 Å². The average molecular weight is 289 g/mol. The van der Waals surface area contributed by atoms with Crippen LogP contribution in [0.3, 0.4) is 0 Å². The Hall–Kier alpha value is -1.79. The van der Waals surface area contributed by atoms with Crippen LogP contribution < -0.4 is 10.5 Å². The number of benzene rings is 1. The van der Waals surface area contributed by atoms with E-state index in [2.05, 4.69) is 6.58 Å². The first-order chi connectivity index (χ1) is 8.51. The van der Waals surface area contributed by atoms with Crippen LogP contribution in [0.2, 0.25) is 0 Å². The molecule has 0 saturated heterocycles. The molecule has 106 valence electrons. The van der Waals surface area contributed by atoms with Crippen LogP contribution in [0.15, 0.2) is 24.8 Å². The van der Waals surface area contributed by atoms with Crippen molar-refractivity contribution >= 4 is 18.1 Å². The lowest BCUT2D eigenvalue weighted by Gasteiger charge is -2.14. The van der Waals surface area contributed by atoms with Gasteiger partial charge in [-0.15, -0.1) is 19.0 Å². The molecule has 0 unspecified atom stereocenters. The Morgan fingerprint density at radius 1 is 1.63 bits per heavy atom. The third kappa shape index (κ3) is 4.11. The van der Waals surface area contributed by atoms with Gasteiger partial charge in [0.05, 0.1) is 18.1 Å². The van der Waals surface area contributed by atoms with Gasteiger partial charge in [-0.05, 0) is 12.8 Å². The second-order valence-electron chi connectivity index (χ2n) is 3.82. The fourth-order valence-electron chi connectivity index (χ4n) is 1.61. The van der Waals surface area contributed by atoms with Crippen molar-refractivity contribution in [2.24, 2.45) is 5.73 Å². The monoisotopic (exact) mass is 288 g/mol. The predicted molar refractivity (Wildman–Crippen MR) is 74.9 cm³/mol. The molecule has 1 atom stereocenters. The van der Waals surface area contributed by atoms with Crippen molar-refractivity contribution in [2.75, 3.05) is 7.11 Å². The molecule has 19 heavy (non-hydrogen) atoms. The first-order valence-corrected chi connectivity index (χ1v) is 5.43. The highest BCUT2D eigenvalue weighted by Crippen LogP contribution is 2.38. The van der Waals surface area contributed by atoms with E-state index in [-0.39, 0.29) is 29.6 Å². The van der Waals surface area contributed by atoms with Gasteiger partial charge in [0.2, 0.25) is 0 Å². The highest BCUT2D eigenvalue weighted by atomic mass is 35.5. The molecule has 0 aliphatic carbocycles. The lowest BCUT2D eigenvalue weighted by atomic mass is 10.0. The summed E-state index contributed by atoms with van der Waals surface area (Å²) < 4.78 is 4.90. The summed E-state index contributed by atoms with van der Waals surface area (Å²) in [5.74, 6) is -0.104. The summed E-state index contributed by atoms with van der Waals surface area (Å²) in [6.45, 7) is 3.58. The van der Waals surface area contributed by atoms with Crippen molar-refractivity contribution in [2.45, 2.75) is 18.9 Å². The van der Waals surface area contributed by atoms with Gasteiger partial charge in [-0.2, -0.15) is 0 Å². The van der Waals surface area contributed by atoms with Crippen molar-refractivity contribution in [1.82, 2.24) is 0 Å². The molecule has 1 rings (SSSR count). The SMILES string of the molecule is C=CCC[C@H](N)c1cc([N+](=O)[O-])cc(OC)c1O.Cl. The van der Waals surface area contributed by atoms with E-state index in [4.69, 9.17) is 10.5 Å². The highest BCUT2D eigenvalue weighted by Gasteiger charge is 2.20. The summed E-state index contributed by atoms with van der Waals surface area (Å²) in [5, 5.41) is 20.7. The summed E-state index contributed by atoms with van der Waals surface area (Å²) in [5.41, 5.74) is 6.04. The number of phenolic OH excluding ortho intramolecular Hbond substituents is 1. The maximum absolute atomic E-state index is 10.8. The number of nitro groups is 1. The zero-order valence-corrected chi connectivity index (χ0v) is 11.4. The number of rotatable bonds is 6. The fraction of sp³-hybridized carbons (Fsp3) is 0.333. The predicted octanol–water partition coefficient (Wildman–Crippen LogP) is 2.70. The Morgan fingerprint density at radius 3 is 2.74 bits per heavy atom. The standard InChI is InChI=1S/C12H16N2O4.ClH/c1-3-4-5-10(13)9-6-8(14(16)17)7-11(18-2)12(9)15;/h3,6-7,10,15H,1,4-5,13H2,2H3;1H/t10-;/m0./s1. The number of nitro benzene ring substituents is 1. The van der Waals surface area contributed by atoms with Gasteiger partial charge in [-0.3, -0.25) is 10.1 Å². The Bertz CT molecular complexity index is 465. The van der Waals surface area contributed by atoms with E-state index < -0.39 is 11.0 Å². The number of phenols is 1. The van der Waals surface area contributed by atoms with Gasteiger partial charge in [0, 0.05) is 17.7 Å². The maximum Gasteiger partial charge on any atom is 0.273 e. The number of nitrogens with zero attached hydrogens (tertiary/aromatic N) is 1. The van der Waals surface area contributed by atoms with Crippen molar-refractivity contribution in [1.29, 1.82) is 0 Å².